The fraction of sp³-hybridized carbons (Fsp3) is 0.316. The van der Waals surface area contributed by atoms with Crippen LogP contribution >= 0.6 is 0 Å². The maximum Gasteiger partial charge on any atom is 0.226 e. The summed E-state index contributed by atoms with van der Waals surface area (Å²) in [6.07, 6.45) is 0.722. The van der Waals surface area contributed by atoms with E-state index in [9.17, 15) is 18.0 Å². The molecule has 0 aliphatic heterocycles. The third-order valence-electron chi connectivity index (χ3n) is 4.76. The van der Waals surface area contributed by atoms with Gasteiger partial charge in [-0.1, -0.05) is 18.2 Å². The molecule has 0 heterocycles. The Morgan fingerprint density at radius 2 is 1.75 bits per heavy atom. The maximum absolute atomic E-state index is 13.4. The molecule has 0 bridgehead atoms. The lowest BCUT2D eigenvalue weighted by Gasteiger charge is -2.25. The van der Waals surface area contributed by atoms with Crippen molar-refractivity contribution in [2.75, 3.05) is 7.05 Å². The van der Waals surface area contributed by atoms with Crippen molar-refractivity contribution in [2.24, 2.45) is 5.92 Å². The second-order valence-electron chi connectivity index (χ2n) is 6.30. The molecule has 0 saturated heterocycles. The van der Waals surface area contributed by atoms with Crippen LogP contribution < -0.4 is 0 Å². The number of amides is 1. The zero-order chi connectivity index (χ0) is 17.4. The Labute approximate surface area is 138 Å². The number of hydrogen-bond donors (Lipinski definition) is 0. The molecule has 0 radical (unpaired) electrons. The first-order valence-electron chi connectivity index (χ1n) is 7.85. The first-order chi connectivity index (χ1) is 11.4. The zero-order valence-electron chi connectivity index (χ0n) is 13.5. The van der Waals surface area contributed by atoms with Crippen LogP contribution in [0.25, 0.3) is 0 Å². The van der Waals surface area contributed by atoms with E-state index in [1.807, 2.05) is 0 Å². The van der Waals surface area contributed by atoms with E-state index >= 15 is 0 Å². The van der Waals surface area contributed by atoms with E-state index in [0.717, 1.165) is 24.1 Å². The topological polar surface area (TPSA) is 20.3 Å². The van der Waals surface area contributed by atoms with E-state index in [-0.39, 0.29) is 29.6 Å². The van der Waals surface area contributed by atoms with Crippen LogP contribution in [0.2, 0.25) is 0 Å². The van der Waals surface area contributed by atoms with Gasteiger partial charge in [0.2, 0.25) is 5.91 Å². The minimum atomic E-state index is -0.921. The molecular weight excluding hydrogens is 315 g/mol. The maximum atomic E-state index is 13.4. The Hall–Kier alpha value is -2.30. The number of hydrogen-bond acceptors (Lipinski definition) is 1. The van der Waals surface area contributed by atoms with E-state index in [2.05, 4.69) is 0 Å². The fourth-order valence-corrected chi connectivity index (χ4v) is 2.99. The number of carbonyl (C=O) groups excluding carboxylic acids is 1. The normalized spacial score (nSPS) is 20.5. The smallest absolute Gasteiger partial charge is 0.226 e. The van der Waals surface area contributed by atoms with Crippen molar-refractivity contribution < 1.29 is 18.0 Å². The Morgan fingerprint density at radius 1 is 1.08 bits per heavy atom. The first-order valence-corrected chi connectivity index (χ1v) is 7.85. The predicted molar refractivity (Wildman–Crippen MR) is 84.8 cm³/mol. The molecule has 1 aliphatic carbocycles. The quantitative estimate of drug-likeness (QED) is 0.811. The number of halogens is 3. The average Bonchev–Trinajstić information content (AvgIpc) is 3.36. The van der Waals surface area contributed by atoms with E-state index in [4.69, 9.17) is 0 Å². The Kier molecular flexibility index (Phi) is 4.35. The summed E-state index contributed by atoms with van der Waals surface area (Å²) in [4.78, 5) is 14.2. The van der Waals surface area contributed by atoms with Gasteiger partial charge in [-0.25, -0.2) is 13.2 Å². The minimum absolute atomic E-state index is 0.0402. The monoisotopic (exact) mass is 333 g/mol. The molecule has 2 aromatic carbocycles. The third kappa shape index (κ3) is 3.16. The van der Waals surface area contributed by atoms with Crippen molar-refractivity contribution in [2.45, 2.75) is 25.3 Å². The molecule has 126 valence electrons. The van der Waals surface area contributed by atoms with Crippen LogP contribution in [-0.4, -0.2) is 17.9 Å². The minimum Gasteiger partial charge on any atom is -0.339 e. The zero-order valence-corrected chi connectivity index (χ0v) is 13.5. The van der Waals surface area contributed by atoms with Crippen LogP contribution in [0.3, 0.4) is 0 Å². The van der Waals surface area contributed by atoms with Crippen molar-refractivity contribution in [1.29, 1.82) is 0 Å². The highest BCUT2D eigenvalue weighted by atomic mass is 19.2. The molecule has 2 nitrogen and oxygen atoms in total. The molecule has 0 aromatic heterocycles. The molecule has 1 amide bonds. The van der Waals surface area contributed by atoms with Gasteiger partial charge in [0, 0.05) is 13.0 Å². The molecule has 24 heavy (non-hydrogen) atoms. The fourth-order valence-electron chi connectivity index (χ4n) is 2.99. The highest BCUT2D eigenvalue weighted by Gasteiger charge is 2.45. The third-order valence-corrected chi connectivity index (χ3v) is 4.76. The molecule has 2 aromatic rings. The van der Waals surface area contributed by atoms with Crippen molar-refractivity contribution in [1.82, 2.24) is 4.90 Å². The van der Waals surface area contributed by atoms with Crippen LogP contribution in [0.4, 0.5) is 13.2 Å². The molecule has 0 spiro atoms. The summed E-state index contributed by atoms with van der Waals surface area (Å²) in [7, 11) is 1.66. The van der Waals surface area contributed by atoms with E-state index < -0.39 is 11.6 Å². The van der Waals surface area contributed by atoms with Gasteiger partial charge in [-0.3, -0.25) is 4.79 Å². The van der Waals surface area contributed by atoms with E-state index in [0.29, 0.717) is 5.56 Å². The second kappa shape index (κ2) is 6.30. The van der Waals surface area contributed by atoms with Gasteiger partial charge >= 0.3 is 0 Å². The SMILES string of the molecule is CC(c1ccc(F)c(F)c1)N(C)C(=O)C1CC1c1ccc(F)cc1. The van der Waals surface area contributed by atoms with Gasteiger partial charge in [-0.15, -0.1) is 0 Å². The molecule has 1 aliphatic rings. The number of carbonyl (C=O) groups is 1. The van der Waals surface area contributed by atoms with Crippen molar-refractivity contribution in [3.8, 4) is 0 Å². The average molecular weight is 333 g/mol. The van der Waals surface area contributed by atoms with Gasteiger partial charge in [-0.2, -0.15) is 0 Å². The molecule has 3 atom stereocenters. The first kappa shape index (κ1) is 16.6. The van der Waals surface area contributed by atoms with Crippen molar-refractivity contribution >= 4 is 5.91 Å². The van der Waals surface area contributed by atoms with Crippen LogP contribution in [0.5, 0.6) is 0 Å². The summed E-state index contributed by atoms with van der Waals surface area (Å²) < 4.78 is 39.4. The van der Waals surface area contributed by atoms with E-state index in [1.165, 1.54) is 18.2 Å². The summed E-state index contributed by atoms with van der Waals surface area (Å²) >= 11 is 0. The van der Waals surface area contributed by atoms with Crippen LogP contribution in [0.15, 0.2) is 42.5 Å². The summed E-state index contributed by atoms with van der Waals surface area (Å²) in [6.45, 7) is 1.78. The van der Waals surface area contributed by atoms with E-state index in [1.54, 1.807) is 31.0 Å². The van der Waals surface area contributed by atoms with Gasteiger partial charge in [0.25, 0.3) is 0 Å². The Balaban J connectivity index is 1.69. The number of rotatable bonds is 4. The molecule has 5 heteroatoms. The predicted octanol–water partition coefficient (Wildman–Crippen LogP) is 4.43. The van der Waals surface area contributed by atoms with Gasteiger partial charge in [-0.05, 0) is 54.7 Å². The Bertz CT molecular complexity index is 760. The molecule has 3 rings (SSSR count). The van der Waals surface area contributed by atoms with Crippen LogP contribution in [0, 0.1) is 23.4 Å². The number of benzene rings is 2. The van der Waals surface area contributed by atoms with Gasteiger partial charge in [0.05, 0.1) is 6.04 Å². The standard InChI is InChI=1S/C19H18F3NO/c1-11(13-5-8-17(21)18(22)9-13)23(2)19(24)16-10-15(16)12-3-6-14(20)7-4-12/h3-9,11,15-16H,10H2,1-2H3. The van der Waals surface area contributed by atoms with Crippen molar-refractivity contribution in [3.05, 3.63) is 71.0 Å². The van der Waals surface area contributed by atoms with Crippen LogP contribution in [0.1, 0.15) is 36.4 Å². The van der Waals surface area contributed by atoms with Gasteiger partial charge in [0.1, 0.15) is 5.82 Å². The molecule has 1 fully saturated rings. The Morgan fingerprint density at radius 3 is 2.38 bits per heavy atom. The van der Waals surface area contributed by atoms with Gasteiger partial charge < -0.3 is 4.90 Å². The summed E-state index contributed by atoms with van der Waals surface area (Å²) in [5.74, 6) is -2.21. The second-order valence-corrected chi connectivity index (χ2v) is 6.30. The highest BCUT2D eigenvalue weighted by Crippen LogP contribution is 2.49. The largest absolute Gasteiger partial charge is 0.339 e. The number of nitrogens with zero attached hydrogens (tertiary/aromatic N) is 1. The lowest BCUT2D eigenvalue weighted by Crippen LogP contribution is -2.31. The molecule has 0 N–H and O–H groups in total. The van der Waals surface area contributed by atoms with Crippen LogP contribution in [-0.2, 0) is 4.79 Å². The molecule has 1 saturated carbocycles. The lowest BCUT2D eigenvalue weighted by molar-refractivity contribution is -0.133. The van der Waals surface area contributed by atoms with Gasteiger partial charge in [0.15, 0.2) is 11.6 Å². The summed E-state index contributed by atoms with van der Waals surface area (Å²) in [5, 5.41) is 0. The molecular formula is C19H18F3NO. The lowest BCUT2D eigenvalue weighted by atomic mass is 10.1. The summed E-state index contributed by atoms with van der Waals surface area (Å²) in [5.41, 5.74) is 1.49. The summed E-state index contributed by atoms with van der Waals surface area (Å²) in [6, 6.07) is 9.50. The van der Waals surface area contributed by atoms with Crippen molar-refractivity contribution in [3.63, 3.8) is 0 Å². The molecule has 3 unspecified atom stereocenters. The highest BCUT2D eigenvalue weighted by molar-refractivity contribution is 5.83.